The van der Waals surface area contributed by atoms with Crippen molar-refractivity contribution in [3.63, 3.8) is 0 Å². The summed E-state index contributed by atoms with van der Waals surface area (Å²) in [4.78, 5) is 17.5. The fourth-order valence-electron chi connectivity index (χ4n) is 3.66. The van der Waals surface area contributed by atoms with Gasteiger partial charge in [0.25, 0.3) is 0 Å². The zero-order valence-corrected chi connectivity index (χ0v) is 15.8. The van der Waals surface area contributed by atoms with Crippen LogP contribution < -0.4 is 10.6 Å². The molecule has 2 amide bonds. The molecule has 1 saturated carbocycles. The predicted octanol–water partition coefficient (Wildman–Crippen LogP) is 3.44. The molecule has 1 aliphatic carbocycles. The number of amides is 2. The number of carbonyl (C=O) groups is 1. The quantitative estimate of drug-likeness (QED) is 0.675. The molecular weight excluding hydrogens is 331 g/mol. The smallest absolute Gasteiger partial charge is 0.317 e. The normalized spacial score (nSPS) is 20.2. The Bertz CT molecular complexity index is 759. The molecule has 1 heterocycles. The minimum atomic E-state index is -0.208. The van der Waals surface area contributed by atoms with Crippen LogP contribution >= 0.6 is 0 Å². The van der Waals surface area contributed by atoms with E-state index < -0.39 is 0 Å². The van der Waals surface area contributed by atoms with E-state index >= 15 is 0 Å². The molecule has 0 bridgehead atoms. The van der Waals surface area contributed by atoms with E-state index in [-0.39, 0.29) is 17.9 Å². The highest BCUT2D eigenvalue weighted by Crippen LogP contribution is 2.49. The van der Waals surface area contributed by atoms with Gasteiger partial charge in [-0.1, -0.05) is 6.92 Å². The van der Waals surface area contributed by atoms with Crippen LogP contribution in [0.15, 0.2) is 24.4 Å². The number of aromatic nitrogens is 1. The van der Waals surface area contributed by atoms with Gasteiger partial charge in [-0.2, -0.15) is 0 Å². The van der Waals surface area contributed by atoms with Crippen LogP contribution in [0.25, 0.3) is 10.9 Å². The highest BCUT2D eigenvalue weighted by Gasteiger charge is 2.41. The molecule has 3 N–H and O–H groups in total. The Kier molecular flexibility index (Phi) is 5.81. The maximum atomic E-state index is 13.6. The maximum Gasteiger partial charge on any atom is 0.317 e. The molecule has 1 aromatic carbocycles. The van der Waals surface area contributed by atoms with Gasteiger partial charge in [0.15, 0.2) is 0 Å². The second-order valence-corrected chi connectivity index (χ2v) is 7.22. The van der Waals surface area contributed by atoms with Gasteiger partial charge in [-0.3, -0.25) is 0 Å². The molecule has 26 heavy (non-hydrogen) atoms. The molecule has 2 aromatic rings. The Labute approximate surface area is 154 Å². The van der Waals surface area contributed by atoms with Gasteiger partial charge in [-0.15, -0.1) is 0 Å². The van der Waals surface area contributed by atoms with Crippen molar-refractivity contribution in [2.24, 2.45) is 5.92 Å². The van der Waals surface area contributed by atoms with Gasteiger partial charge in [-0.25, -0.2) is 9.18 Å². The Morgan fingerprint density at radius 3 is 2.96 bits per heavy atom. The van der Waals surface area contributed by atoms with Gasteiger partial charge < -0.3 is 20.5 Å². The number of likely N-dealkylation sites (N-methyl/N-ethyl adjacent to an activating group) is 1. The summed E-state index contributed by atoms with van der Waals surface area (Å²) in [5.41, 5.74) is 2.14. The number of fused-ring (bicyclic) bond motifs is 1. The molecule has 6 heteroatoms. The lowest BCUT2D eigenvalue weighted by Gasteiger charge is -2.23. The van der Waals surface area contributed by atoms with Crippen molar-refractivity contribution in [3.8, 4) is 0 Å². The second kappa shape index (κ2) is 8.08. The Morgan fingerprint density at radius 1 is 1.42 bits per heavy atom. The molecular formula is C20H29FN4O. The van der Waals surface area contributed by atoms with Crippen LogP contribution in [0.4, 0.5) is 9.18 Å². The van der Waals surface area contributed by atoms with E-state index in [4.69, 9.17) is 0 Å². The van der Waals surface area contributed by atoms with Gasteiger partial charge >= 0.3 is 6.03 Å². The van der Waals surface area contributed by atoms with Crippen molar-refractivity contribution >= 4 is 16.9 Å². The zero-order valence-electron chi connectivity index (χ0n) is 15.8. The fourth-order valence-corrected chi connectivity index (χ4v) is 3.66. The topological polar surface area (TPSA) is 60.2 Å². The van der Waals surface area contributed by atoms with Crippen molar-refractivity contribution < 1.29 is 9.18 Å². The highest BCUT2D eigenvalue weighted by molar-refractivity contribution is 5.84. The van der Waals surface area contributed by atoms with Crippen molar-refractivity contribution in [1.29, 1.82) is 0 Å². The van der Waals surface area contributed by atoms with E-state index in [9.17, 15) is 9.18 Å². The van der Waals surface area contributed by atoms with Crippen molar-refractivity contribution in [1.82, 2.24) is 20.5 Å². The third-order valence-corrected chi connectivity index (χ3v) is 5.23. The molecule has 3 rings (SSSR count). The number of halogens is 1. The molecule has 0 aliphatic heterocycles. The number of nitrogens with one attached hydrogen (secondary N) is 3. The van der Waals surface area contributed by atoms with Gasteiger partial charge in [-0.05, 0) is 62.4 Å². The Morgan fingerprint density at radius 2 is 2.23 bits per heavy atom. The van der Waals surface area contributed by atoms with Crippen molar-refractivity contribution in [2.75, 3.05) is 26.2 Å². The number of carbonyl (C=O) groups excluding carboxylic acids is 1. The molecule has 5 nitrogen and oxygen atoms in total. The summed E-state index contributed by atoms with van der Waals surface area (Å²) in [5, 5.41) is 7.26. The van der Waals surface area contributed by atoms with Gasteiger partial charge in [0, 0.05) is 42.8 Å². The minimum absolute atomic E-state index is 0.00660. The number of hydrogen-bond acceptors (Lipinski definition) is 2. The van der Waals surface area contributed by atoms with E-state index in [1.807, 2.05) is 18.0 Å². The molecule has 1 fully saturated rings. The van der Waals surface area contributed by atoms with E-state index in [1.165, 1.54) is 11.6 Å². The molecule has 0 radical (unpaired) electrons. The number of H-pyrrole nitrogens is 1. The van der Waals surface area contributed by atoms with Crippen LogP contribution in [-0.2, 0) is 0 Å². The summed E-state index contributed by atoms with van der Waals surface area (Å²) >= 11 is 0. The molecule has 1 unspecified atom stereocenters. The van der Waals surface area contributed by atoms with Gasteiger partial charge in [0.2, 0.25) is 0 Å². The number of urea groups is 1. The maximum absolute atomic E-state index is 13.6. The van der Waals surface area contributed by atoms with Crippen LogP contribution in [0, 0.1) is 11.7 Å². The zero-order chi connectivity index (χ0) is 18.7. The lowest BCUT2D eigenvalue weighted by Crippen LogP contribution is -2.46. The molecule has 0 saturated heterocycles. The Hall–Kier alpha value is -2.08. The number of rotatable bonds is 8. The molecule has 1 aromatic heterocycles. The summed E-state index contributed by atoms with van der Waals surface area (Å²) in [7, 11) is 0. The average molecular weight is 360 g/mol. The lowest BCUT2D eigenvalue weighted by atomic mass is 10.1. The second-order valence-electron chi connectivity index (χ2n) is 7.22. The van der Waals surface area contributed by atoms with Crippen LogP contribution in [0.2, 0.25) is 0 Å². The number of aromatic amines is 1. The van der Waals surface area contributed by atoms with Crippen LogP contribution in [-0.4, -0.2) is 48.1 Å². The van der Waals surface area contributed by atoms with E-state index in [2.05, 4.69) is 29.5 Å². The lowest BCUT2D eigenvalue weighted by molar-refractivity contribution is 0.197. The predicted molar refractivity (Wildman–Crippen MR) is 103 cm³/mol. The first kappa shape index (κ1) is 18.7. The van der Waals surface area contributed by atoms with Crippen molar-refractivity contribution in [3.05, 3.63) is 35.8 Å². The van der Waals surface area contributed by atoms with Gasteiger partial charge in [0.1, 0.15) is 5.82 Å². The van der Waals surface area contributed by atoms with E-state index in [0.29, 0.717) is 24.9 Å². The summed E-state index contributed by atoms with van der Waals surface area (Å²) in [6.07, 6.45) is 3.03. The first-order valence-corrected chi connectivity index (χ1v) is 9.56. The summed E-state index contributed by atoms with van der Waals surface area (Å²) in [5.74, 6) is 0.627. The van der Waals surface area contributed by atoms with E-state index in [0.717, 1.165) is 30.4 Å². The largest absolute Gasteiger partial charge is 0.361 e. The summed E-state index contributed by atoms with van der Waals surface area (Å²) in [6.45, 7) is 9.07. The first-order chi connectivity index (χ1) is 12.5. The van der Waals surface area contributed by atoms with Gasteiger partial charge in [0.05, 0.1) is 0 Å². The van der Waals surface area contributed by atoms with Crippen molar-refractivity contribution in [2.45, 2.75) is 39.2 Å². The summed E-state index contributed by atoms with van der Waals surface area (Å²) in [6, 6.07) is 5.11. The number of nitrogens with zero attached hydrogens (tertiary/aromatic N) is 1. The number of benzene rings is 1. The first-order valence-electron chi connectivity index (χ1n) is 9.56. The minimum Gasteiger partial charge on any atom is -0.361 e. The molecule has 1 aliphatic rings. The summed E-state index contributed by atoms with van der Waals surface area (Å²) < 4.78 is 13.6. The fraction of sp³-hybridized carbons (Fsp3) is 0.550. The number of hydrogen-bond donors (Lipinski definition) is 3. The molecule has 142 valence electrons. The highest BCUT2D eigenvalue weighted by atomic mass is 19.1. The third-order valence-electron chi connectivity index (χ3n) is 5.23. The molecule has 0 spiro atoms. The third kappa shape index (κ3) is 4.18. The van der Waals surface area contributed by atoms with Crippen LogP contribution in [0.3, 0.4) is 0 Å². The SMILES string of the molecule is CCNC(C)CNC(=O)N(CC)C[C@@H]1C[C@H]1c1c[nH]c2ccc(F)cc12. The average Bonchev–Trinajstić information content (AvgIpc) is 3.26. The van der Waals surface area contributed by atoms with Crippen LogP contribution in [0.5, 0.6) is 0 Å². The monoisotopic (exact) mass is 360 g/mol. The van der Waals surface area contributed by atoms with E-state index in [1.54, 1.807) is 12.1 Å². The Balaban J connectivity index is 1.57. The van der Waals surface area contributed by atoms with Crippen LogP contribution in [0.1, 0.15) is 38.7 Å². The standard InChI is InChI=1S/C20H29FN4O/c1-4-22-13(3)10-24-20(26)25(5-2)12-14-8-16(14)18-11-23-19-7-6-15(21)9-17(18)19/h6-7,9,11,13-14,16,22-23H,4-5,8,10,12H2,1-3H3,(H,24,26)/t13?,14-,16+/m0/s1. The molecule has 3 atom stereocenters.